The van der Waals surface area contributed by atoms with Crippen LogP contribution in [0.2, 0.25) is 0 Å². The van der Waals surface area contributed by atoms with E-state index in [4.69, 9.17) is 9.47 Å². The van der Waals surface area contributed by atoms with Gasteiger partial charge in [0.1, 0.15) is 34.5 Å². The van der Waals surface area contributed by atoms with Crippen LogP contribution in [0, 0.1) is 5.82 Å². The summed E-state index contributed by atoms with van der Waals surface area (Å²) in [5.74, 6) is -1.27. The zero-order valence-corrected chi connectivity index (χ0v) is 21.7. The van der Waals surface area contributed by atoms with E-state index in [9.17, 15) is 22.4 Å². The fourth-order valence-corrected chi connectivity index (χ4v) is 5.53. The Balaban J connectivity index is 1.61. The molecule has 2 aromatic carbocycles. The summed E-state index contributed by atoms with van der Waals surface area (Å²) in [6.45, 7) is 3.07. The van der Waals surface area contributed by atoms with Crippen molar-refractivity contribution < 1.29 is 31.9 Å². The number of halogens is 1. The molecule has 0 bridgehead atoms. The molecule has 12 heteroatoms. The van der Waals surface area contributed by atoms with Gasteiger partial charge in [-0.2, -0.15) is 5.10 Å². The van der Waals surface area contributed by atoms with Gasteiger partial charge >= 0.3 is 0 Å². The zero-order valence-electron chi connectivity index (χ0n) is 20.9. The number of anilines is 1. The number of carbonyl (C=O) groups is 2. The molecule has 1 aromatic heterocycles. The summed E-state index contributed by atoms with van der Waals surface area (Å²) in [5.41, 5.74) is 0.755. The molecule has 2 N–H and O–H groups in total. The minimum Gasteiger partial charge on any atom is -0.494 e. The highest BCUT2D eigenvalue weighted by molar-refractivity contribution is 7.91. The molecule has 0 fully saturated rings. The standard InChI is InChI=1S/C26H27FN4O6S/c1-3-36-18-9-10-19-20(13-18)37-12-4-11-26(19)15-31-24(25(33)29-26)23(28-21(32)14-38(2,34)35)22(30-31)16-5-7-17(27)8-6-16/h5-10,13H,3-4,11-12,14-15H2,1-2H3,(H,28,32)(H,29,33)/t26-/m0/s1. The molecule has 38 heavy (non-hydrogen) atoms. The SMILES string of the molecule is CCOc1ccc2c(c1)OCCC[C@]21Cn2nc(-c3ccc(F)cc3)c(NC(=O)CS(C)(=O)=O)c2C(=O)N1. The van der Waals surface area contributed by atoms with E-state index >= 15 is 0 Å². The molecule has 5 rings (SSSR count). The second kappa shape index (κ2) is 9.75. The molecule has 200 valence electrons. The normalized spacial score (nSPS) is 18.6. The van der Waals surface area contributed by atoms with Crippen molar-refractivity contribution >= 4 is 27.3 Å². The number of rotatable bonds is 6. The van der Waals surface area contributed by atoms with Crippen LogP contribution in [-0.4, -0.2) is 55.2 Å². The molecular weight excluding hydrogens is 515 g/mol. The molecule has 1 atom stereocenters. The van der Waals surface area contributed by atoms with Crippen LogP contribution in [-0.2, 0) is 26.7 Å². The Morgan fingerprint density at radius 1 is 1.26 bits per heavy atom. The van der Waals surface area contributed by atoms with Crippen molar-refractivity contribution in [1.29, 1.82) is 0 Å². The maximum atomic E-state index is 13.7. The molecule has 0 saturated heterocycles. The van der Waals surface area contributed by atoms with Gasteiger partial charge in [0.15, 0.2) is 15.5 Å². The number of sulfone groups is 1. The first-order valence-corrected chi connectivity index (χ1v) is 14.2. The highest BCUT2D eigenvalue weighted by atomic mass is 32.2. The molecular formula is C26H27FN4O6S. The number of carbonyl (C=O) groups excluding carboxylic acids is 2. The average molecular weight is 543 g/mol. The van der Waals surface area contributed by atoms with Gasteiger partial charge in [0.2, 0.25) is 5.91 Å². The number of benzene rings is 2. The molecule has 3 heterocycles. The van der Waals surface area contributed by atoms with Crippen molar-refractivity contribution in [2.45, 2.75) is 31.8 Å². The molecule has 1 spiro atoms. The number of nitrogens with one attached hydrogen (secondary N) is 2. The number of hydrogen-bond donors (Lipinski definition) is 2. The van der Waals surface area contributed by atoms with Gasteiger partial charge in [-0.3, -0.25) is 14.3 Å². The molecule has 0 unspecified atom stereocenters. The topological polar surface area (TPSA) is 129 Å². The van der Waals surface area contributed by atoms with Crippen molar-refractivity contribution in [2.24, 2.45) is 0 Å². The largest absolute Gasteiger partial charge is 0.494 e. The van der Waals surface area contributed by atoms with Gasteiger partial charge in [-0.05, 0) is 56.2 Å². The number of nitrogens with zero attached hydrogens (tertiary/aromatic N) is 2. The van der Waals surface area contributed by atoms with E-state index in [1.165, 1.54) is 28.9 Å². The lowest BCUT2D eigenvalue weighted by molar-refractivity contribution is -0.113. The lowest BCUT2D eigenvalue weighted by atomic mass is 9.83. The van der Waals surface area contributed by atoms with Gasteiger partial charge in [0.25, 0.3) is 5.91 Å². The van der Waals surface area contributed by atoms with Crippen molar-refractivity contribution in [3.63, 3.8) is 0 Å². The second-order valence-electron chi connectivity index (χ2n) is 9.43. The molecule has 10 nitrogen and oxygen atoms in total. The van der Waals surface area contributed by atoms with Crippen LogP contribution in [0.25, 0.3) is 11.3 Å². The molecule has 3 aromatic rings. The van der Waals surface area contributed by atoms with E-state index in [-0.39, 0.29) is 23.6 Å². The number of fused-ring (bicyclic) bond motifs is 3. The third-order valence-electron chi connectivity index (χ3n) is 6.50. The first-order chi connectivity index (χ1) is 18.1. The van der Waals surface area contributed by atoms with Crippen LogP contribution in [0.5, 0.6) is 11.5 Å². The number of ether oxygens (including phenoxy) is 2. The van der Waals surface area contributed by atoms with E-state index < -0.39 is 38.8 Å². The summed E-state index contributed by atoms with van der Waals surface area (Å²) in [5, 5.41) is 10.3. The summed E-state index contributed by atoms with van der Waals surface area (Å²) in [7, 11) is -3.63. The predicted molar refractivity (Wildman–Crippen MR) is 137 cm³/mol. The van der Waals surface area contributed by atoms with Gasteiger partial charge in [0.05, 0.1) is 25.3 Å². The van der Waals surface area contributed by atoms with E-state index in [0.717, 1.165) is 11.8 Å². The lowest BCUT2D eigenvalue weighted by Gasteiger charge is -2.38. The van der Waals surface area contributed by atoms with Crippen molar-refractivity contribution in [3.8, 4) is 22.8 Å². The fraction of sp³-hybridized carbons (Fsp3) is 0.346. The third kappa shape index (κ3) is 4.95. The van der Waals surface area contributed by atoms with Crippen LogP contribution >= 0.6 is 0 Å². The third-order valence-corrected chi connectivity index (χ3v) is 7.29. The Morgan fingerprint density at radius 2 is 2.03 bits per heavy atom. The van der Waals surface area contributed by atoms with Crippen LogP contribution in [0.15, 0.2) is 42.5 Å². The van der Waals surface area contributed by atoms with Crippen molar-refractivity contribution in [1.82, 2.24) is 15.1 Å². The molecule has 2 aliphatic rings. The van der Waals surface area contributed by atoms with Gasteiger partial charge < -0.3 is 20.1 Å². The first kappa shape index (κ1) is 25.7. The number of aromatic nitrogens is 2. The number of hydrogen-bond acceptors (Lipinski definition) is 7. The van der Waals surface area contributed by atoms with Gasteiger partial charge in [-0.25, -0.2) is 12.8 Å². The number of amides is 2. The summed E-state index contributed by atoms with van der Waals surface area (Å²) < 4.78 is 50.2. The van der Waals surface area contributed by atoms with Crippen molar-refractivity contribution in [2.75, 3.05) is 30.5 Å². The minimum absolute atomic E-state index is 0.0643. The summed E-state index contributed by atoms with van der Waals surface area (Å²) in [4.78, 5) is 26.3. The fourth-order valence-electron chi connectivity index (χ4n) is 4.98. The van der Waals surface area contributed by atoms with E-state index in [1.54, 1.807) is 6.07 Å². The monoisotopic (exact) mass is 542 g/mol. The van der Waals surface area contributed by atoms with E-state index in [0.29, 0.717) is 43.1 Å². The Bertz CT molecular complexity index is 1520. The Morgan fingerprint density at radius 3 is 2.74 bits per heavy atom. The van der Waals surface area contributed by atoms with Crippen LogP contribution in [0.3, 0.4) is 0 Å². The summed E-state index contributed by atoms with van der Waals surface area (Å²) in [6.07, 6.45) is 2.18. The lowest BCUT2D eigenvalue weighted by Crippen LogP contribution is -2.53. The maximum Gasteiger partial charge on any atom is 0.272 e. The van der Waals surface area contributed by atoms with Crippen LogP contribution in [0.4, 0.5) is 10.1 Å². The highest BCUT2D eigenvalue weighted by Gasteiger charge is 2.45. The zero-order chi connectivity index (χ0) is 27.1. The van der Waals surface area contributed by atoms with Gasteiger partial charge in [-0.15, -0.1) is 0 Å². The smallest absolute Gasteiger partial charge is 0.272 e. The minimum atomic E-state index is -3.63. The molecule has 0 saturated carbocycles. The predicted octanol–water partition coefficient (Wildman–Crippen LogP) is 2.88. The van der Waals surface area contributed by atoms with Gasteiger partial charge in [0, 0.05) is 23.4 Å². The maximum absolute atomic E-state index is 13.7. The molecule has 0 aliphatic carbocycles. The Hall–Kier alpha value is -3.93. The average Bonchev–Trinajstić information content (AvgIpc) is 3.10. The van der Waals surface area contributed by atoms with Crippen molar-refractivity contribution in [3.05, 3.63) is 59.5 Å². The molecule has 2 aliphatic heterocycles. The van der Waals surface area contributed by atoms with E-state index in [2.05, 4.69) is 15.7 Å². The Kier molecular flexibility index (Phi) is 6.59. The van der Waals surface area contributed by atoms with Gasteiger partial charge in [-0.1, -0.05) is 0 Å². The molecule has 2 amide bonds. The highest BCUT2D eigenvalue weighted by Crippen LogP contribution is 2.43. The first-order valence-electron chi connectivity index (χ1n) is 12.2. The quantitative estimate of drug-likeness (QED) is 0.490. The summed E-state index contributed by atoms with van der Waals surface area (Å²) in [6, 6.07) is 10.9. The summed E-state index contributed by atoms with van der Waals surface area (Å²) >= 11 is 0. The van der Waals surface area contributed by atoms with E-state index in [1.807, 2.05) is 19.1 Å². The molecule has 0 radical (unpaired) electrons. The Labute approximate surface area is 219 Å². The second-order valence-corrected chi connectivity index (χ2v) is 11.6. The van der Waals surface area contributed by atoms with Crippen LogP contribution < -0.4 is 20.1 Å². The van der Waals surface area contributed by atoms with Crippen LogP contribution in [0.1, 0.15) is 35.8 Å².